The number of amides is 2. The molecule has 2 aromatic rings. The van der Waals surface area contributed by atoms with Gasteiger partial charge in [0.25, 0.3) is 0 Å². The van der Waals surface area contributed by atoms with Gasteiger partial charge < -0.3 is 30.1 Å². The molecular weight excluding hydrogens is 362 g/mol. The largest absolute Gasteiger partial charge is 0.454 e. The molecule has 1 atom stereocenters. The summed E-state index contributed by atoms with van der Waals surface area (Å²) in [5.74, 6) is -0.541. The van der Waals surface area contributed by atoms with Crippen LogP contribution in [0.25, 0.3) is 0 Å². The molecule has 2 aromatic carbocycles. The Bertz CT molecular complexity index is 930. The summed E-state index contributed by atoms with van der Waals surface area (Å²) in [5, 5.41) is 15.3. The Kier molecular flexibility index (Phi) is 4.79. The van der Waals surface area contributed by atoms with Crippen LogP contribution in [0.5, 0.6) is 11.5 Å². The molecule has 0 saturated heterocycles. The average molecular weight is 383 g/mol. The first kappa shape index (κ1) is 18.1. The fraction of sp³-hybridized carbons (Fsp3) is 0.300. The number of hydrogen-bond acceptors (Lipinski definition) is 6. The van der Waals surface area contributed by atoms with Crippen LogP contribution < -0.4 is 25.0 Å². The third-order valence-electron chi connectivity index (χ3n) is 4.91. The van der Waals surface area contributed by atoms with Gasteiger partial charge in [-0.1, -0.05) is 12.1 Å². The fourth-order valence-electron chi connectivity index (χ4n) is 3.34. The number of likely N-dealkylation sites (N-methyl/N-ethyl adjacent to an activating group) is 1. The number of nitrogens with one attached hydrogen (secondary N) is 2. The highest BCUT2D eigenvalue weighted by Crippen LogP contribution is 2.34. The van der Waals surface area contributed by atoms with Gasteiger partial charge in [-0.2, -0.15) is 0 Å². The maximum Gasteiger partial charge on any atom is 0.313 e. The van der Waals surface area contributed by atoms with Gasteiger partial charge in [-0.05, 0) is 35.7 Å². The molecule has 146 valence electrons. The summed E-state index contributed by atoms with van der Waals surface area (Å²) in [7, 11) is 2.03. The van der Waals surface area contributed by atoms with Crippen LogP contribution >= 0.6 is 0 Å². The molecule has 0 radical (unpaired) electrons. The molecule has 1 unspecified atom stereocenters. The third kappa shape index (κ3) is 3.59. The summed E-state index contributed by atoms with van der Waals surface area (Å²) < 4.78 is 10.4. The number of ether oxygens (including phenoxy) is 2. The second-order valence-electron chi connectivity index (χ2n) is 6.81. The summed E-state index contributed by atoms with van der Waals surface area (Å²) in [6.45, 7) is 1.03. The Labute approximate surface area is 162 Å². The molecule has 2 amide bonds. The maximum atomic E-state index is 12.1. The molecule has 0 spiro atoms. The fourth-order valence-corrected chi connectivity index (χ4v) is 3.34. The molecule has 0 saturated carbocycles. The van der Waals surface area contributed by atoms with E-state index in [9.17, 15) is 14.7 Å². The van der Waals surface area contributed by atoms with E-state index >= 15 is 0 Å². The molecule has 4 rings (SSSR count). The van der Waals surface area contributed by atoms with Gasteiger partial charge in [-0.15, -0.1) is 0 Å². The van der Waals surface area contributed by atoms with E-state index in [1.807, 2.05) is 25.2 Å². The highest BCUT2D eigenvalue weighted by atomic mass is 16.7. The van der Waals surface area contributed by atoms with Gasteiger partial charge in [0.05, 0.1) is 6.10 Å². The minimum atomic E-state index is -0.890. The van der Waals surface area contributed by atoms with E-state index in [-0.39, 0.29) is 13.3 Å². The summed E-state index contributed by atoms with van der Waals surface area (Å²) in [6, 6.07) is 10.6. The third-order valence-corrected chi connectivity index (χ3v) is 4.91. The Morgan fingerprint density at radius 3 is 2.82 bits per heavy atom. The molecule has 2 aliphatic heterocycles. The van der Waals surface area contributed by atoms with Gasteiger partial charge in [0.1, 0.15) is 0 Å². The second kappa shape index (κ2) is 7.40. The van der Waals surface area contributed by atoms with Crippen LogP contribution in [-0.2, 0) is 16.0 Å². The number of aliphatic hydroxyl groups is 1. The van der Waals surface area contributed by atoms with Crippen molar-refractivity contribution in [3.63, 3.8) is 0 Å². The molecule has 3 N–H and O–H groups in total. The smallest absolute Gasteiger partial charge is 0.313 e. The Balaban J connectivity index is 1.32. The number of anilines is 2. The predicted molar refractivity (Wildman–Crippen MR) is 103 cm³/mol. The first-order valence-corrected chi connectivity index (χ1v) is 9.02. The monoisotopic (exact) mass is 383 g/mol. The maximum absolute atomic E-state index is 12.1. The van der Waals surface area contributed by atoms with Gasteiger partial charge in [0, 0.05) is 37.6 Å². The number of benzene rings is 2. The molecule has 0 aromatic heterocycles. The number of carbonyl (C=O) groups excluding carboxylic acids is 2. The minimum Gasteiger partial charge on any atom is -0.454 e. The van der Waals surface area contributed by atoms with E-state index in [0.717, 1.165) is 18.7 Å². The summed E-state index contributed by atoms with van der Waals surface area (Å²) >= 11 is 0. The van der Waals surface area contributed by atoms with Crippen LogP contribution in [-0.4, -0.2) is 43.9 Å². The van der Waals surface area contributed by atoms with Crippen molar-refractivity contribution < 1.29 is 24.2 Å². The zero-order valence-corrected chi connectivity index (χ0v) is 15.4. The Morgan fingerprint density at radius 2 is 1.96 bits per heavy atom. The number of aliphatic hydroxyl groups excluding tert-OH is 1. The van der Waals surface area contributed by atoms with Gasteiger partial charge in [-0.25, -0.2) is 0 Å². The van der Waals surface area contributed by atoms with Crippen molar-refractivity contribution in [2.24, 2.45) is 0 Å². The van der Waals surface area contributed by atoms with Crippen molar-refractivity contribution in [1.29, 1.82) is 0 Å². The SMILES string of the molecule is CN1CCc2cc(C(O)CNC(=O)C(=O)Nc3ccc4c(c3)OCO4)ccc21. The zero-order chi connectivity index (χ0) is 19.7. The lowest BCUT2D eigenvalue weighted by Crippen LogP contribution is -2.37. The lowest BCUT2D eigenvalue weighted by Gasteiger charge is -2.15. The van der Waals surface area contributed by atoms with E-state index in [1.54, 1.807) is 18.2 Å². The summed E-state index contributed by atoms with van der Waals surface area (Å²) in [6.07, 6.45) is 0.0370. The van der Waals surface area contributed by atoms with Gasteiger partial charge >= 0.3 is 11.8 Å². The van der Waals surface area contributed by atoms with E-state index in [2.05, 4.69) is 15.5 Å². The highest BCUT2D eigenvalue weighted by molar-refractivity contribution is 6.39. The van der Waals surface area contributed by atoms with Crippen LogP contribution in [0.4, 0.5) is 11.4 Å². The summed E-state index contributed by atoms with van der Waals surface area (Å²) in [4.78, 5) is 26.3. The Morgan fingerprint density at radius 1 is 1.14 bits per heavy atom. The van der Waals surface area contributed by atoms with Crippen molar-refractivity contribution in [3.05, 3.63) is 47.5 Å². The van der Waals surface area contributed by atoms with Crippen molar-refractivity contribution in [2.45, 2.75) is 12.5 Å². The molecule has 28 heavy (non-hydrogen) atoms. The van der Waals surface area contributed by atoms with Gasteiger partial charge in [0.2, 0.25) is 6.79 Å². The van der Waals surface area contributed by atoms with Crippen molar-refractivity contribution in [2.75, 3.05) is 37.1 Å². The molecule has 0 fully saturated rings. The van der Waals surface area contributed by atoms with Gasteiger partial charge in [0.15, 0.2) is 11.5 Å². The normalized spacial score (nSPS) is 15.1. The molecule has 8 heteroatoms. The zero-order valence-electron chi connectivity index (χ0n) is 15.4. The molecule has 8 nitrogen and oxygen atoms in total. The standard InChI is InChI=1S/C20H21N3O5/c1-23-7-6-12-8-13(2-4-15(12)23)16(24)10-21-19(25)20(26)22-14-3-5-17-18(9-14)28-11-27-17/h2-5,8-9,16,24H,6-7,10-11H2,1H3,(H,21,25)(H,22,26). The van der Waals surface area contributed by atoms with Crippen molar-refractivity contribution in [3.8, 4) is 11.5 Å². The first-order chi connectivity index (χ1) is 13.5. The second-order valence-corrected chi connectivity index (χ2v) is 6.81. The lowest BCUT2D eigenvalue weighted by atomic mass is 10.0. The van der Waals surface area contributed by atoms with Crippen LogP contribution in [0.1, 0.15) is 17.2 Å². The van der Waals surface area contributed by atoms with Crippen molar-refractivity contribution in [1.82, 2.24) is 5.32 Å². The van der Waals surface area contributed by atoms with E-state index in [4.69, 9.17) is 9.47 Å². The quantitative estimate of drug-likeness (QED) is 0.686. The van der Waals surface area contributed by atoms with Crippen LogP contribution in [0, 0.1) is 0 Å². The number of rotatable bonds is 4. The molecule has 2 heterocycles. The van der Waals surface area contributed by atoms with Crippen LogP contribution in [0.2, 0.25) is 0 Å². The Hall–Kier alpha value is -3.26. The molecule has 2 aliphatic rings. The highest BCUT2D eigenvalue weighted by Gasteiger charge is 2.20. The molecular formula is C20H21N3O5. The average Bonchev–Trinajstić information content (AvgIpc) is 3.31. The van der Waals surface area contributed by atoms with Crippen LogP contribution in [0.3, 0.4) is 0 Å². The van der Waals surface area contributed by atoms with E-state index in [0.29, 0.717) is 22.7 Å². The van der Waals surface area contributed by atoms with Crippen molar-refractivity contribution >= 4 is 23.2 Å². The number of carbonyl (C=O) groups is 2. The first-order valence-electron chi connectivity index (χ1n) is 9.02. The lowest BCUT2D eigenvalue weighted by molar-refractivity contribution is -0.136. The van der Waals surface area contributed by atoms with E-state index in [1.165, 1.54) is 5.56 Å². The molecule has 0 bridgehead atoms. The van der Waals surface area contributed by atoms with E-state index < -0.39 is 17.9 Å². The van der Waals surface area contributed by atoms with Gasteiger partial charge in [-0.3, -0.25) is 9.59 Å². The number of nitrogens with zero attached hydrogens (tertiary/aromatic N) is 1. The predicted octanol–water partition coefficient (Wildman–Crippen LogP) is 1.20. The number of hydrogen-bond donors (Lipinski definition) is 3. The van der Waals surface area contributed by atoms with Crippen LogP contribution in [0.15, 0.2) is 36.4 Å². The number of fused-ring (bicyclic) bond motifs is 2. The summed E-state index contributed by atoms with van der Waals surface area (Å²) in [5.41, 5.74) is 3.47. The topological polar surface area (TPSA) is 100 Å². The minimum absolute atomic E-state index is 0.0536. The molecule has 0 aliphatic carbocycles.